The van der Waals surface area contributed by atoms with E-state index >= 15 is 0 Å². The zero-order valence-corrected chi connectivity index (χ0v) is 27.4. The average molecular weight is 660 g/mol. The molecule has 0 unspecified atom stereocenters. The van der Waals surface area contributed by atoms with E-state index in [-0.39, 0.29) is 40.3 Å². The minimum atomic E-state index is -1.00. The average Bonchev–Trinajstić information content (AvgIpc) is 3.49. The fourth-order valence-corrected chi connectivity index (χ4v) is 6.83. The normalized spacial score (nSPS) is 15.0. The molecule has 0 amide bonds. The number of methoxy groups -OCH3 is 1. The molecule has 0 radical (unpaired) electrons. The van der Waals surface area contributed by atoms with Crippen molar-refractivity contribution in [2.24, 2.45) is 5.41 Å². The lowest BCUT2D eigenvalue weighted by molar-refractivity contribution is -0.133. The minimum Gasteiger partial charge on any atom is -0.478 e. The Morgan fingerprint density at radius 3 is 2.41 bits per heavy atom. The highest BCUT2D eigenvalue weighted by molar-refractivity contribution is 6.42. The second-order valence-electron chi connectivity index (χ2n) is 12.2. The van der Waals surface area contributed by atoms with Gasteiger partial charge in [0.15, 0.2) is 5.76 Å². The van der Waals surface area contributed by atoms with Gasteiger partial charge in [0.2, 0.25) is 0 Å². The Bertz CT molecular complexity index is 1770. The van der Waals surface area contributed by atoms with Gasteiger partial charge < -0.3 is 19.1 Å². The number of rotatable bonds is 9. The van der Waals surface area contributed by atoms with Crippen molar-refractivity contribution in [2.45, 2.75) is 52.4 Å². The number of hydrogen-bond acceptors (Lipinski definition) is 6. The van der Waals surface area contributed by atoms with Gasteiger partial charge in [0.25, 0.3) is 5.91 Å². The molecule has 1 aliphatic carbocycles. The predicted molar refractivity (Wildman–Crippen MR) is 172 cm³/mol. The number of carboxylic acids is 1. The number of benzene rings is 2. The van der Waals surface area contributed by atoms with E-state index in [0.717, 1.165) is 30.2 Å². The number of carbonyl (C=O) groups excluding carboxylic acids is 1. The molecule has 0 atom stereocenters. The SMILES string of the molecule is COCOCC1(c2onc(-c3c(Cl)cc(Cl)cc3Cl)c2C(=O)n2cc(C)c3c(/C=C(/C(=O)O)C(C)(C)C)cccc32)CCC1. The monoisotopic (exact) mass is 658 g/mol. The Morgan fingerprint density at radius 2 is 1.84 bits per heavy atom. The molecule has 0 bridgehead atoms. The number of ether oxygens (including phenoxy) is 2. The van der Waals surface area contributed by atoms with Crippen molar-refractivity contribution in [2.75, 3.05) is 20.5 Å². The van der Waals surface area contributed by atoms with E-state index in [1.54, 1.807) is 30.0 Å². The van der Waals surface area contributed by atoms with Gasteiger partial charge in [-0.3, -0.25) is 9.36 Å². The highest BCUT2D eigenvalue weighted by atomic mass is 35.5. The van der Waals surface area contributed by atoms with Crippen LogP contribution in [0.5, 0.6) is 0 Å². The van der Waals surface area contributed by atoms with Crippen molar-refractivity contribution in [3.05, 3.63) is 79.6 Å². The Labute approximate surface area is 270 Å². The van der Waals surface area contributed by atoms with E-state index in [9.17, 15) is 14.7 Å². The van der Waals surface area contributed by atoms with Crippen LogP contribution in [-0.4, -0.2) is 47.2 Å². The zero-order chi connectivity index (χ0) is 32.0. The summed E-state index contributed by atoms with van der Waals surface area (Å²) < 4.78 is 18.4. The number of aliphatic carboxylic acids is 1. The fourth-order valence-electron chi connectivity index (χ4n) is 5.83. The minimum absolute atomic E-state index is 0.0888. The van der Waals surface area contributed by atoms with Crippen molar-refractivity contribution in [3.63, 3.8) is 0 Å². The molecule has 0 spiro atoms. The second-order valence-corrected chi connectivity index (χ2v) is 13.5. The number of carboxylic acid groups (broad SMARTS) is 1. The van der Waals surface area contributed by atoms with Crippen molar-refractivity contribution in [1.29, 1.82) is 0 Å². The summed E-state index contributed by atoms with van der Waals surface area (Å²) in [5.41, 5.74) is 1.88. The van der Waals surface area contributed by atoms with E-state index < -0.39 is 22.7 Å². The predicted octanol–water partition coefficient (Wildman–Crippen LogP) is 8.81. The first-order valence-corrected chi connectivity index (χ1v) is 15.2. The van der Waals surface area contributed by atoms with E-state index in [1.807, 2.05) is 39.8 Å². The summed E-state index contributed by atoms with van der Waals surface area (Å²) in [6.07, 6.45) is 5.77. The Morgan fingerprint density at radius 1 is 1.16 bits per heavy atom. The van der Waals surface area contributed by atoms with E-state index in [1.165, 1.54) is 12.1 Å². The maximum absolute atomic E-state index is 14.7. The molecule has 2 aromatic carbocycles. The third-order valence-electron chi connectivity index (χ3n) is 8.13. The molecular formula is C33H33Cl3N2O6. The molecule has 2 aromatic heterocycles. The summed E-state index contributed by atoms with van der Waals surface area (Å²) >= 11 is 19.5. The second kappa shape index (κ2) is 12.3. The zero-order valence-electron chi connectivity index (χ0n) is 25.1. The number of aryl methyl sites for hydroxylation is 1. The maximum Gasteiger partial charge on any atom is 0.332 e. The van der Waals surface area contributed by atoms with Gasteiger partial charge in [0.1, 0.15) is 18.1 Å². The van der Waals surface area contributed by atoms with Crippen LogP contribution >= 0.6 is 34.8 Å². The summed E-state index contributed by atoms with van der Waals surface area (Å²) in [6.45, 7) is 7.79. The Hall–Kier alpha value is -3.14. The fraction of sp³-hybridized carbons (Fsp3) is 0.364. The summed E-state index contributed by atoms with van der Waals surface area (Å²) in [6, 6.07) is 8.55. The summed E-state index contributed by atoms with van der Waals surface area (Å²) in [5, 5.41) is 15.9. The lowest BCUT2D eigenvalue weighted by atomic mass is 9.66. The van der Waals surface area contributed by atoms with Crippen LogP contribution in [0.15, 0.2) is 46.6 Å². The van der Waals surface area contributed by atoms with Crippen molar-refractivity contribution >= 4 is 63.7 Å². The Kier molecular flexibility index (Phi) is 9.04. The van der Waals surface area contributed by atoms with Gasteiger partial charge in [-0.15, -0.1) is 0 Å². The van der Waals surface area contributed by atoms with Gasteiger partial charge in [0, 0.05) is 34.9 Å². The van der Waals surface area contributed by atoms with Crippen LogP contribution in [0.25, 0.3) is 28.2 Å². The number of hydrogen-bond donors (Lipinski definition) is 1. The third kappa shape index (κ3) is 5.82. The van der Waals surface area contributed by atoms with Gasteiger partial charge >= 0.3 is 5.97 Å². The molecule has 1 aliphatic rings. The molecule has 11 heteroatoms. The number of aromatic nitrogens is 2. The van der Waals surface area contributed by atoms with Crippen molar-refractivity contribution < 1.29 is 28.7 Å². The number of nitrogens with zero attached hydrogens (tertiary/aromatic N) is 2. The summed E-state index contributed by atoms with van der Waals surface area (Å²) in [4.78, 5) is 26.9. The van der Waals surface area contributed by atoms with Gasteiger partial charge in [-0.2, -0.15) is 0 Å². The molecule has 5 rings (SSSR count). The molecule has 2 heterocycles. The molecule has 1 fully saturated rings. The molecule has 1 saturated carbocycles. The van der Waals surface area contributed by atoms with E-state index in [0.29, 0.717) is 27.4 Å². The highest BCUT2D eigenvalue weighted by Gasteiger charge is 2.47. The van der Waals surface area contributed by atoms with Gasteiger partial charge in [0.05, 0.1) is 27.6 Å². The number of halogens is 3. The van der Waals surface area contributed by atoms with Crippen LogP contribution in [0.4, 0.5) is 0 Å². The molecule has 0 aliphatic heterocycles. The van der Waals surface area contributed by atoms with Crippen LogP contribution in [0.1, 0.15) is 67.3 Å². The molecular weight excluding hydrogens is 627 g/mol. The first kappa shape index (κ1) is 32.3. The van der Waals surface area contributed by atoms with Gasteiger partial charge in [-0.05, 0) is 60.6 Å². The van der Waals surface area contributed by atoms with Crippen LogP contribution in [-0.2, 0) is 19.7 Å². The topological polar surface area (TPSA) is 104 Å². The Balaban J connectivity index is 1.73. The lowest BCUT2D eigenvalue weighted by Crippen LogP contribution is -2.40. The molecule has 4 aromatic rings. The highest BCUT2D eigenvalue weighted by Crippen LogP contribution is 2.49. The van der Waals surface area contributed by atoms with Crippen molar-refractivity contribution in [3.8, 4) is 11.3 Å². The standard InChI is InChI=1S/C33H33Cl3N2O6/c1-18-15-38(24-9-6-8-19(25(18)24)12-21(31(40)41)32(2,3)4)30(39)27-28(26-22(35)13-20(34)14-23(26)36)37-44-29(27)33(10-7-11-33)16-43-17-42-5/h6,8-9,12-15H,7,10-11,16-17H2,1-5H3,(H,40,41)/b21-12-. The molecule has 1 N–H and O–H groups in total. The number of fused-ring (bicyclic) bond motifs is 1. The molecule has 44 heavy (non-hydrogen) atoms. The molecule has 232 valence electrons. The van der Waals surface area contributed by atoms with Crippen LogP contribution < -0.4 is 0 Å². The largest absolute Gasteiger partial charge is 0.478 e. The molecule has 0 saturated heterocycles. The smallest absolute Gasteiger partial charge is 0.332 e. The molecule has 8 nitrogen and oxygen atoms in total. The van der Waals surface area contributed by atoms with Gasteiger partial charge in [-0.25, -0.2) is 4.79 Å². The van der Waals surface area contributed by atoms with Crippen LogP contribution in [0.2, 0.25) is 15.1 Å². The van der Waals surface area contributed by atoms with E-state index in [2.05, 4.69) is 5.16 Å². The summed E-state index contributed by atoms with van der Waals surface area (Å²) in [5.74, 6) is -1.01. The van der Waals surface area contributed by atoms with Gasteiger partial charge in [-0.1, -0.05) is 79.3 Å². The first-order valence-electron chi connectivity index (χ1n) is 14.1. The first-order chi connectivity index (χ1) is 20.8. The third-order valence-corrected chi connectivity index (χ3v) is 8.94. The maximum atomic E-state index is 14.7. The number of carbonyl (C=O) groups is 2. The van der Waals surface area contributed by atoms with Crippen LogP contribution in [0.3, 0.4) is 0 Å². The quantitative estimate of drug-likeness (QED) is 0.109. The summed E-state index contributed by atoms with van der Waals surface area (Å²) in [7, 11) is 1.54. The van der Waals surface area contributed by atoms with Crippen LogP contribution in [0, 0.1) is 12.3 Å². The van der Waals surface area contributed by atoms with E-state index in [4.69, 9.17) is 48.8 Å². The lowest BCUT2D eigenvalue weighted by Gasteiger charge is -2.39. The van der Waals surface area contributed by atoms with Crippen molar-refractivity contribution in [1.82, 2.24) is 9.72 Å².